The minimum Gasteiger partial charge on any atom is -0.411 e. The second-order valence-corrected chi connectivity index (χ2v) is 6.97. The molecular formula is C17H20N4O2S. The summed E-state index contributed by atoms with van der Waals surface area (Å²) in [6.45, 7) is 7.50. The fourth-order valence-electron chi connectivity index (χ4n) is 1.84. The van der Waals surface area contributed by atoms with Crippen molar-refractivity contribution in [1.82, 2.24) is 15.5 Å². The van der Waals surface area contributed by atoms with Crippen LogP contribution < -0.4 is 5.32 Å². The molecule has 1 heterocycles. The molecule has 0 spiro atoms. The molecule has 2 rings (SSSR count). The minimum atomic E-state index is -0.889. The summed E-state index contributed by atoms with van der Waals surface area (Å²) in [5.74, 6) is 0.294. The van der Waals surface area contributed by atoms with Crippen molar-refractivity contribution in [2.45, 2.75) is 38.5 Å². The van der Waals surface area contributed by atoms with Crippen LogP contribution in [0.15, 0.2) is 33.9 Å². The van der Waals surface area contributed by atoms with Gasteiger partial charge in [-0.2, -0.15) is 5.26 Å². The van der Waals surface area contributed by atoms with E-state index in [0.29, 0.717) is 11.1 Å². The predicted octanol–water partition coefficient (Wildman–Crippen LogP) is 3.19. The number of hydrogen-bond donors (Lipinski definition) is 1. The number of nitrogens with one attached hydrogen (secondary N) is 1. The molecule has 0 radical (unpaired) electrons. The van der Waals surface area contributed by atoms with Crippen LogP contribution in [0, 0.1) is 24.2 Å². The first kappa shape index (κ1) is 18.0. The number of aromatic nitrogens is 2. The summed E-state index contributed by atoms with van der Waals surface area (Å²) in [4.78, 5) is 12.0. The van der Waals surface area contributed by atoms with E-state index in [1.54, 1.807) is 6.92 Å². The van der Waals surface area contributed by atoms with Crippen molar-refractivity contribution in [3.8, 4) is 17.5 Å². The lowest BCUT2D eigenvalue weighted by Crippen LogP contribution is -2.49. The third-order valence-electron chi connectivity index (χ3n) is 3.82. The van der Waals surface area contributed by atoms with E-state index < -0.39 is 5.54 Å². The Labute approximate surface area is 145 Å². The highest BCUT2D eigenvalue weighted by atomic mass is 32.2. The van der Waals surface area contributed by atoms with Crippen molar-refractivity contribution in [2.75, 3.05) is 5.75 Å². The fraction of sp³-hybridized carbons (Fsp3) is 0.412. The SMILES string of the molecule is Cc1ccc(-c2nnc(SCC(=O)NC(C)(C#N)C(C)C)o2)cc1. The van der Waals surface area contributed by atoms with E-state index in [9.17, 15) is 10.1 Å². The molecule has 1 N–H and O–H groups in total. The van der Waals surface area contributed by atoms with E-state index in [0.717, 1.165) is 22.9 Å². The first-order chi connectivity index (χ1) is 11.3. The van der Waals surface area contributed by atoms with Crippen LogP contribution >= 0.6 is 11.8 Å². The molecule has 2 aromatic rings. The van der Waals surface area contributed by atoms with E-state index in [1.807, 2.05) is 45.0 Å². The maximum Gasteiger partial charge on any atom is 0.277 e. The molecule has 0 saturated carbocycles. The Morgan fingerprint density at radius 2 is 2.04 bits per heavy atom. The number of hydrogen-bond acceptors (Lipinski definition) is 6. The zero-order valence-corrected chi connectivity index (χ0v) is 15.0. The van der Waals surface area contributed by atoms with Gasteiger partial charge in [-0.15, -0.1) is 10.2 Å². The molecule has 0 aliphatic carbocycles. The van der Waals surface area contributed by atoms with E-state index in [-0.39, 0.29) is 17.6 Å². The lowest BCUT2D eigenvalue weighted by Gasteiger charge is -2.27. The lowest BCUT2D eigenvalue weighted by molar-refractivity contribution is -0.120. The molecule has 1 aromatic heterocycles. The van der Waals surface area contributed by atoms with Crippen molar-refractivity contribution >= 4 is 17.7 Å². The van der Waals surface area contributed by atoms with Crippen LogP contribution in [-0.4, -0.2) is 27.4 Å². The zero-order chi connectivity index (χ0) is 17.7. The molecule has 0 fully saturated rings. The van der Waals surface area contributed by atoms with E-state index in [1.165, 1.54) is 0 Å². The number of nitrogens with zero attached hydrogens (tertiary/aromatic N) is 3. The number of benzene rings is 1. The molecule has 0 aliphatic heterocycles. The number of rotatable bonds is 6. The number of carbonyl (C=O) groups excluding carboxylic acids is 1. The van der Waals surface area contributed by atoms with Crippen LogP contribution in [0.25, 0.3) is 11.5 Å². The van der Waals surface area contributed by atoms with Gasteiger partial charge in [0, 0.05) is 5.56 Å². The van der Waals surface area contributed by atoms with Gasteiger partial charge in [-0.1, -0.05) is 43.3 Å². The topological polar surface area (TPSA) is 91.8 Å². The summed E-state index contributed by atoms with van der Waals surface area (Å²) in [5.41, 5.74) is 1.09. The number of thioether (sulfide) groups is 1. The number of aryl methyl sites for hydroxylation is 1. The van der Waals surface area contributed by atoms with Gasteiger partial charge in [0.1, 0.15) is 5.54 Å². The molecular weight excluding hydrogens is 324 g/mol. The number of nitriles is 1. The molecule has 7 heteroatoms. The average Bonchev–Trinajstić information content (AvgIpc) is 3.02. The molecule has 1 amide bonds. The molecule has 126 valence electrons. The molecule has 0 bridgehead atoms. The van der Waals surface area contributed by atoms with Gasteiger partial charge in [0.25, 0.3) is 5.22 Å². The molecule has 24 heavy (non-hydrogen) atoms. The van der Waals surface area contributed by atoms with Gasteiger partial charge >= 0.3 is 0 Å². The van der Waals surface area contributed by atoms with Crippen molar-refractivity contribution in [3.63, 3.8) is 0 Å². The van der Waals surface area contributed by atoms with Gasteiger partial charge in [-0.25, -0.2) is 0 Å². The molecule has 1 aromatic carbocycles. The maximum absolute atomic E-state index is 12.0. The summed E-state index contributed by atoms with van der Waals surface area (Å²) < 4.78 is 5.56. The van der Waals surface area contributed by atoms with Gasteiger partial charge in [-0.05, 0) is 31.9 Å². The van der Waals surface area contributed by atoms with Gasteiger partial charge in [0.15, 0.2) is 0 Å². The van der Waals surface area contributed by atoms with Crippen LogP contribution in [0.2, 0.25) is 0 Å². The predicted molar refractivity (Wildman–Crippen MR) is 92.2 cm³/mol. The zero-order valence-electron chi connectivity index (χ0n) is 14.2. The lowest BCUT2D eigenvalue weighted by atomic mass is 9.90. The summed E-state index contributed by atoms with van der Waals surface area (Å²) in [6, 6.07) is 9.89. The number of amides is 1. The van der Waals surface area contributed by atoms with Crippen LogP contribution in [0.1, 0.15) is 26.3 Å². The largest absolute Gasteiger partial charge is 0.411 e. The summed E-state index contributed by atoms with van der Waals surface area (Å²) in [5, 5.41) is 20.2. The normalized spacial score (nSPS) is 13.3. The quantitative estimate of drug-likeness (QED) is 0.809. The van der Waals surface area contributed by atoms with E-state index in [4.69, 9.17) is 4.42 Å². The monoisotopic (exact) mass is 344 g/mol. The Morgan fingerprint density at radius 1 is 1.38 bits per heavy atom. The first-order valence-electron chi connectivity index (χ1n) is 7.59. The third-order valence-corrected chi connectivity index (χ3v) is 4.64. The van der Waals surface area contributed by atoms with Crippen molar-refractivity contribution in [3.05, 3.63) is 29.8 Å². The Hall–Kier alpha value is -2.33. The average molecular weight is 344 g/mol. The van der Waals surface area contributed by atoms with Crippen LogP contribution in [-0.2, 0) is 4.79 Å². The Morgan fingerprint density at radius 3 is 2.62 bits per heavy atom. The van der Waals surface area contributed by atoms with Crippen LogP contribution in [0.3, 0.4) is 0 Å². The van der Waals surface area contributed by atoms with Gasteiger partial charge in [0.2, 0.25) is 11.8 Å². The van der Waals surface area contributed by atoms with Crippen LogP contribution in [0.4, 0.5) is 0 Å². The van der Waals surface area contributed by atoms with Gasteiger partial charge < -0.3 is 9.73 Å². The second kappa shape index (κ2) is 7.49. The van der Waals surface area contributed by atoms with E-state index >= 15 is 0 Å². The summed E-state index contributed by atoms with van der Waals surface area (Å²) >= 11 is 1.15. The molecule has 0 aliphatic rings. The minimum absolute atomic E-state index is 0.00740. The summed E-state index contributed by atoms with van der Waals surface area (Å²) in [7, 11) is 0. The van der Waals surface area contributed by atoms with Crippen molar-refractivity contribution in [1.29, 1.82) is 5.26 Å². The molecule has 1 atom stereocenters. The maximum atomic E-state index is 12.0. The third kappa shape index (κ3) is 4.36. The molecule has 0 saturated heterocycles. The Kier molecular flexibility index (Phi) is 5.62. The number of carbonyl (C=O) groups is 1. The highest BCUT2D eigenvalue weighted by molar-refractivity contribution is 7.99. The molecule has 1 unspecified atom stereocenters. The smallest absolute Gasteiger partial charge is 0.277 e. The highest BCUT2D eigenvalue weighted by Gasteiger charge is 2.30. The summed E-state index contributed by atoms with van der Waals surface area (Å²) in [6.07, 6.45) is 0. The first-order valence-corrected chi connectivity index (χ1v) is 8.58. The highest BCUT2D eigenvalue weighted by Crippen LogP contribution is 2.23. The Bertz CT molecular complexity index is 749. The van der Waals surface area contributed by atoms with Crippen molar-refractivity contribution in [2.24, 2.45) is 5.92 Å². The standard InChI is InChI=1S/C17H20N4O2S/c1-11(2)17(4,10-18)19-14(22)9-24-16-21-20-15(23-16)13-7-5-12(3)6-8-13/h5-8,11H,9H2,1-4H3,(H,19,22). The molecule has 6 nitrogen and oxygen atoms in total. The second-order valence-electron chi connectivity index (χ2n) is 6.04. The van der Waals surface area contributed by atoms with Gasteiger partial charge in [-0.3, -0.25) is 4.79 Å². The Balaban J connectivity index is 1.95. The van der Waals surface area contributed by atoms with Crippen molar-refractivity contribution < 1.29 is 9.21 Å². The fourth-order valence-corrected chi connectivity index (χ4v) is 2.40. The van der Waals surface area contributed by atoms with Crippen LogP contribution in [0.5, 0.6) is 0 Å². The van der Waals surface area contributed by atoms with E-state index in [2.05, 4.69) is 21.6 Å². The van der Waals surface area contributed by atoms with Gasteiger partial charge in [0.05, 0.1) is 11.8 Å².